The lowest BCUT2D eigenvalue weighted by Gasteiger charge is -2.08. The van der Waals surface area contributed by atoms with Crippen molar-refractivity contribution in [1.29, 1.82) is 0 Å². The Labute approximate surface area is 155 Å². The van der Waals surface area contributed by atoms with Gasteiger partial charge in [-0.3, -0.25) is 14.9 Å². The van der Waals surface area contributed by atoms with E-state index >= 15 is 0 Å². The van der Waals surface area contributed by atoms with E-state index in [2.05, 4.69) is 10.1 Å². The van der Waals surface area contributed by atoms with E-state index in [1.165, 1.54) is 24.3 Å². The number of nitro benzene ring substituents is 1. The SMILES string of the molecule is O=C(COC(=O)c1ccc(OC(F)F)cc1)Nc1ccc(Cl)c([N+](=O)[O-])c1. The molecule has 8 nitrogen and oxygen atoms in total. The van der Waals surface area contributed by atoms with Crippen LogP contribution in [0.3, 0.4) is 0 Å². The molecule has 0 aliphatic heterocycles. The molecule has 2 rings (SSSR count). The molecular formula is C16H11ClF2N2O6. The number of hydrogen-bond donors (Lipinski definition) is 1. The van der Waals surface area contributed by atoms with Gasteiger partial charge in [-0.15, -0.1) is 0 Å². The average Bonchev–Trinajstić information content (AvgIpc) is 2.61. The van der Waals surface area contributed by atoms with E-state index in [0.717, 1.165) is 18.2 Å². The van der Waals surface area contributed by atoms with Gasteiger partial charge < -0.3 is 14.8 Å². The van der Waals surface area contributed by atoms with E-state index in [1.54, 1.807) is 0 Å². The minimum Gasteiger partial charge on any atom is -0.452 e. The number of hydrogen-bond acceptors (Lipinski definition) is 6. The number of nitro groups is 1. The van der Waals surface area contributed by atoms with Crippen molar-refractivity contribution in [3.8, 4) is 5.75 Å². The first-order valence-electron chi connectivity index (χ1n) is 7.22. The lowest BCUT2D eigenvalue weighted by atomic mass is 10.2. The molecule has 2 aromatic rings. The highest BCUT2D eigenvalue weighted by atomic mass is 35.5. The van der Waals surface area contributed by atoms with E-state index in [-0.39, 0.29) is 22.0 Å². The summed E-state index contributed by atoms with van der Waals surface area (Å²) in [6.07, 6.45) is 0. The van der Waals surface area contributed by atoms with E-state index in [4.69, 9.17) is 16.3 Å². The maximum atomic E-state index is 12.1. The van der Waals surface area contributed by atoms with Crippen molar-refractivity contribution in [2.45, 2.75) is 6.61 Å². The van der Waals surface area contributed by atoms with E-state index in [1.807, 2.05) is 0 Å². The third kappa shape index (κ3) is 5.89. The van der Waals surface area contributed by atoms with Crippen LogP contribution in [0.4, 0.5) is 20.2 Å². The molecule has 0 fully saturated rings. The summed E-state index contributed by atoms with van der Waals surface area (Å²) in [4.78, 5) is 33.7. The number of amides is 1. The van der Waals surface area contributed by atoms with Crippen molar-refractivity contribution in [3.05, 3.63) is 63.2 Å². The van der Waals surface area contributed by atoms with Crippen LogP contribution in [0, 0.1) is 10.1 Å². The molecule has 0 radical (unpaired) electrons. The van der Waals surface area contributed by atoms with Crippen LogP contribution in [0.25, 0.3) is 0 Å². The number of rotatable bonds is 7. The predicted molar refractivity (Wildman–Crippen MR) is 90.1 cm³/mol. The van der Waals surface area contributed by atoms with Gasteiger partial charge in [0.15, 0.2) is 6.61 Å². The summed E-state index contributed by atoms with van der Waals surface area (Å²) in [7, 11) is 0. The van der Waals surface area contributed by atoms with Crippen LogP contribution >= 0.6 is 11.6 Å². The highest BCUT2D eigenvalue weighted by Gasteiger charge is 2.15. The standard InChI is InChI=1S/C16H11ClF2N2O6/c17-12-6-3-10(7-13(12)21(24)25)20-14(22)8-26-15(23)9-1-4-11(5-2-9)27-16(18)19/h1-7,16H,8H2,(H,20,22). The van der Waals surface area contributed by atoms with Crippen molar-refractivity contribution < 1.29 is 32.8 Å². The minimum absolute atomic E-state index is 0.0200. The van der Waals surface area contributed by atoms with Gasteiger partial charge in [0.2, 0.25) is 0 Å². The second-order valence-electron chi connectivity index (χ2n) is 4.95. The molecule has 0 bridgehead atoms. The van der Waals surface area contributed by atoms with Crippen LogP contribution in [-0.4, -0.2) is 30.0 Å². The van der Waals surface area contributed by atoms with Gasteiger partial charge in [0.1, 0.15) is 10.8 Å². The molecule has 0 atom stereocenters. The minimum atomic E-state index is -2.99. The molecule has 2 aromatic carbocycles. The Hall–Kier alpha value is -3.27. The van der Waals surface area contributed by atoms with Gasteiger partial charge in [-0.1, -0.05) is 11.6 Å². The second-order valence-corrected chi connectivity index (χ2v) is 5.36. The zero-order valence-electron chi connectivity index (χ0n) is 13.4. The molecular weight excluding hydrogens is 390 g/mol. The summed E-state index contributed by atoms with van der Waals surface area (Å²) in [5.41, 5.74) is -0.273. The smallest absolute Gasteiger partial charge is 0.387 e. The fourth-order valence-corrected chi connectivity index (χ4v) is 2.10. The fourth-order valence-electron chi connectivity index (χ4n) is 1.91. The number of ether oxygens (including phenoxy) is 2. The molecule has 0 spiro atoms. The summed E-state index contributed by atoms with van der Waals surface area (Å²) in [6, 6.07) is 8.33. The number of halogens is 3. The third-order valence-corrected chi connectivity index (χ3v) is 3.40. The maximum absolute atomic E-state index is 12.1. The summed E-state index contributed by atoms with van der Waals surface area (Å²) in [6.45, 7) is -3.65. The Morgan fingerprint density at radius 1 is 1.19 bits per heavy atom. The number of esters is 1. The number of carbonyl (C=O) groups excluding carboxylic acids is 2. The zero-order chi connectivity index (χ0) is 20.0. The summed E-state index contributed by atoms with van der Waals surface area (Å²) in [5, 5.41) is 13.0. The highest BCUT2D eigenvalue weighted by molar-refractivity contribution is 6.32. The molecule has 0 aliphatic rings. The topological polar surface area (TPSA) is 108 Å². The van der Waals surface area contributed by atoms with Gasteiger partial charge in [0.25, 0.3) is 11.6 Å². The van der Waals surface area contributed by atoms with Crippen molar-refractivity contribution in [2.24, 2.45) is 0 Å². The van der Waals surface area contributed by atoms with Crippen LogP contribution in [0.2, 0.25) is 5.02 Å². The molecule has 0 saturated heterocycles. The average molecular weight is 401 g/mol. The number of alkyl halides is 2. The zero-order valence-corrected chi connectivity index (χ0v) is 14.1. The molecule has 142 valence electrons. The number of nitrogens with zero attached hydrogens (tertiary/aromatic N) is 1. The molecule has 0 unspecified atom stereocenters. The van der Waals surface area contributed by atoms with Gasteiger partial charge >= 0.3 is 12.6 Å². The van der Waals surface area contributed by atoms with Gasteiger partial charge in [-0.25, -0.2) is 4.79 Å². The number of benzene rings is 2. The van der Waals surface area contributed by atoms with Gasteiger partial charge in [0.05, 0.1) is 10.5 Å². The molecule has 0 aromatic heterocycles. The Balaban J connectivity index is 1.90. The van der Waals surface area contributed by atoms with Gasteiger partial charge in [-0.05, 0) is 36.4 Å². The molecule has 0 aliphatic carbocycles. The first-order chi connectivity index (χ1) is 12.8. The number of carbonyl (C=O) groups is 2. The lowest BCUT2D eigenvalue weighted by molar-refractivity contribution is -0.384. The summed E-state index contributed by atoms with van der Waals surface area (Å²) >= 11 is 5.66. The molecule has 27 heavy (non-hydrogen) atoms. The number of nitrogens with one attached hydrogen (secondary N) is 1. The third-order valence-electron chi connectivity index (χ3n) is 3.08. The second kappa shape index (κ2) is 8.90. The van der Waals surface area contributed by atoms with Crippen molar-refractivity contribution in [3.63, 3.8) is 0 Å². The van der Waals surface area contributed by atoms with Crippen LogP contribution in [0.5, 0.6) is 5.75 Å². The van der Waals surface area contributed by atoms with Crippen molar-refractivity contribution >= 4 is 34.9 Å². The number of anilines is 1. The maximum Gasteiger partial charge on any atom is 0.387 e. The fraction of sp³-hybridized carbons (Fsp3) is 0.125. The van der Waals surface area contributed by atoms with Crippen LogP contribution in [0.15, 0.2) is 42.5 Å². The highest BCUT2D eigenvalue weighted by Crippen LogP contribution is 2.27. The van der Waals surface area contributed by atoms with Crippen LogP contribution in [-0.2, 0) is 9.53 Å². The molecule has 11 heteroatoms. The Bertz CT molecular complexity index is 860. The lowest BCUT2D eigenvalue weighted by Crippen LogP contribution is -2.21. The molecule has 1 amide bonds. The van der Waals surface area contributed by atoms with Crippen LogP contribution < -0.4 is 10.1 Å². The normalized spacial score (nSPS) is 10.4. The molecule has 1 N–H and O–H groups in total. The van der Waals surface area contributed by atoms with E-state index in [0.29, 0.717) is 0 Å². The first kappa shape index (κ1) is 20.0. The Kier molecular flexibility index (Phi) is 6.61. The van der Waals surface area contributed by atoms with E-state index in [9.17, 15) is 28.5 Å². The Morgan fingerprint density at radius 2 is 1.85 bits per heavy atom. The largest absolute Gasteiger partial charge is 0.452 e. The van der Waals surface area contributed by atoms with E-state index < -0.39 is 35.7 Å². The van der Waals surface area contributed by atoms with Crippen LogP contribution in [0.1, 0.15) is 10.4 Å². The Morgan fingerprint density at radius 3 is 2.44 bits per heavy atom. The van der Waals surface area contributed by atoms with Gasteiger partial charge in [0, 0.05) is 11.8 Å². The monoisotopic (exact) mass is 400 g/mol. The molecule has 0 saturated carbocycles. The quantitative estimate of drug-likeness (QED) is 0.432. The van der Waals surface area contributed by atoms with Crippen molar-refractivity contribution in [1.82, 2.24) is 0 Å². The summed E-state index contributed by atoms with van der Waals surface area (Å²) in [5.74, 6) is -1.74. The summed E-state index contributed by atoms with van der Waals surface area (Å²) < 4.78 is 33.0. The molecule has 0 heterocycles. The first-order valence-corrected chi connectivity index (χ1v) is 7.60. The van der Waals surface area contributed by atoms with Gasteiger partial charge in [-0.2, -0.15) is 8.78 Å². The van der Waals surface area contributed by atoms with Crippen molar-refractivity contribution in [2.75, 3.05) is 11.9 Å². The predicted octanol–water partition coefficient (Wildman–Crippen LogP) is 3.65.